The molecular formula is C25H31N3O6. The summed E-state index contributed by atoms with van der Waals surface area (Å²) >= 11 is 0. The van der Waals surface area contributed by atoms with E-state index in [1.165, 1.54) is 7.11 Å². The number of alkyl carbamates (subject to hydrolysis) is 1. The average molecular weight is 470 g/mol. The molecule has 9 nitrogen and oxygen atoms in total. The Balaban J connectivity index is 1.65. The lowest BCUT2D eigenvalue weighted by atomic mass is 9.98. The second kappa shape index (κ2) is 11.6. The molecule has 1 aliphatic carbocycles. The molecule has 2 unspecified atom stereocenters. The van der Waals surface area contributed by atoms with Crippen LogP contribution in [0.15, 0.2) is 48.5 Å². The van der Waals surface area contributed by atoms with Crippen molar-refractivity contribution in [2.24, 2.45) is 0 Å². The number of carboxylic acids is 1. The zero-order chi connectivity index (χ0) is 24.7. The van der Waals surface area contributed by atoms with Crippen LogP contribution >= 0.6 is 0 Å². The highest BCUT2D eigenvalue weighted by Gasteiger charge is 2.31. The van der Waals surface area contributed by atoms with Gasteiger partial charge in [0.2, 0.25) is 5.91 Å². The van der Waals surface area contributed by atoms with Gasteiger partial charge in [0.05, 0.1) is 0 Å². The van der Waals surface area contributed by atoms with Crippen molar-refractivity contribution < 1.29 is 29.0 Å². The second-order valence-electron chi connectivity index (χ2n) is 8.47. The topological polar surface area (TPSA) is 117 Å². The van der Waals surface area contributed by atoms with Gasteiger partial charge >= 0.3 is 12.1 Å². The summed E-state index contributed by atoms with van der Waals surface area (Å²) in [5.74, 6) is -1.88. The number of fused-ring (bicyclic) bond motifs is 3. The van der Waals surface area contributed by atoms with Crippen LogP contribution in [0, 0.1) is 0 Å². The van der Waals surface area contributed by atoms with Crippen LogP contribution in [0.4, 0.5) is 4.79 Å². The summed E-state index contributed by atoms with van der Waals surface area (Å²) in [7, 11) is 4.95. The third-order valence-electron chi connectivity index (χ3n) is 5.73. The first-order chi connectivity index (χ1) is 16.3. The van der Waals surface area contributed by atoms with Crippen molar-refractivity contribution in [1.82, 2.24) is 15.5 Å². The molecule has 34 heavy (non-hydrogen) atoms. The van der Waals surface area contributed by atoms with Crippen molar-refractivity contribution in [2.75, 3.05) is 41.0 Å². The van der Waals surface area contributed by atoms with Gasteiger partial charge in [-0.2, -0.15) is 0 Å². The molecule has 0 saturated heterocycles. The standard InChI is InChI=1S/C25H31N3O6/c1-28(2)14-22(23(29)26-21(24(30)31)12-13-33-3)27-25(32)34-15-20-18-10-6-4-8-16(18)17-9-5-7-11-19(17)20/h4-11,20-22H,12-15H2,1-3H3,(H,26,29)(H,27,32)(H,30,31). The fourth-order valence-corrected chi connectivity index (χ4v) is 4.11. The quantitative estimate of drug-likeness (QED) is 0.461. The zero-order valence-corrected chi connectivity index (χ0v) is 19.6. The molecule has 2 aromatic carbocycles. The molecule has 0 bridgehead atoms. The summed E-state index contributed by atoms with van der Waals surface area (Å²) in [6.07, 6.45) is -0.635. The highest BCUT2D eigenvalue weighted by atomic mass is 16.5. The maximum absolute atomic E-state index is 12.8. The first-order valence-corrected chi connectivity index (χ1v) is 11.1. The Morgan fingerprint density at radius 3 is 2.09 bits per heavy atom. The number of nitrogens with one attached hydrogen (secondary N) is 2. The fraction of sp³-hybridized carbons (Fsp3) is 0.400. The molecule has 9 heteroatoms. The second-order valence-corrected chi connectivity index (χ2v) is 8.47. The van der Waals surface area contributed by atoms with Crippen molar-refractivity contribution in [2.45, 2.75) is 24.4 Å². The first-order valence-electron chi connectivity index (χ1n) is 11.1. The first kappa shape index (κ1) is 25.2. The van der Waals surface area contributed by atoms with Gasteiger partial charge in [-0.3, -0.25) is 4.79 Å². The molecule has 1 aliphatic rings. The molecule has 0 radical (unpaired) electrons. The van der Waals surface area contributed by atoms with Gasteiger partial charge in [-0.15, -0.1) is 0 Å². The number of hydrogen-bond donors (Lipinski definition) is 3. The third kappa shape index (κ3) is 6.12. The highest BCUT2D eigenvalue weighted by molar-refractivity contribution is 5.89. The Labute approximate surface area is 199 Å². The minimum Gasteiger partial charge on any atom is -0.480 e. The Hall–Kier alpha value is -3.43. The van der Waals surface area contributed by atoms with E-state index >= 15 is 0 Å². The number of nitrogens with zero attached hydrogens (tertiary/aromatic N) is 1. The highest BCUT2D eigenvalue weighted by Crippen LogP contribution is 2.44. The largest absolute Gasteiger partial charge is 0.480 e. The number of carbonyl (C=O) groups excluding carboxylic acids is 2. The smallest absolute Gasteiger partial charge is 0.407 e. The lowest BCUT2D eigenvalue weighted by molar-refractivity contribution is -0.142. The Kier molecular flexibility index (Phi) is 8.61. The van der Waals surface area contributed by atoms with Gasteiger partial charge in [-0.1, -0.05) is 48.5 Å². The van der Waals surface area contributed by atoms with Crippen molar-refractivity contribution in [3.05, 3.63) is 59.7 Å². The van der Waals surface area contributed by atoms with Gasteiger partial charge < -0.3 is 30.1 Å². The molecule has 2 aromatic rings. The van der Waals surface area contributed by atoms with E-state index in [4.69, 9.17) is 9.47 Å². The van der Waals surface area contributed by atoms with Crippen LogP contribution < -0.4 is 10.6 Å². The van der Waals surface area contributed by atoms with Crippen molar-refractivity contribution in [3.8, 4) is 11.1 Å². The Morgan fingerprint density at radius 1 is 0.971 bits per heavy atom. The van der Waals surface area contributed by atoms with E-state index in [0.717, 1.165) is 22.3 Å². The van der Waals surface area contributed by atoms with Gasteiger partial charge in [0.1, 0.15) is 18.7 Å². The molecule has 2 amide bonds. The van der Waals surface area contributed by atoms with Crippen molar-refractivity contribution in [1.29, 1.82) is 0 Å². The summed E-state index contributed by atoms with van der Waals surface area (Å²) in [5, 5.41) is 14.4. The molecule has 2 atom stereocenters. The number of ether oxygens (including phenoxy) is 2. The number of carbonyl (C=O) groups is 3. The summed E-state index contributed by atoms with van der Waals surface area (Å²) in [4.78, 5) is 38.6. The van der Waals surface area contributed by atoms with Crippen LogP contribution in [0.2, 0.25) is 0 Å². The van der Waals surface area contributed by atoms with Gasteiger partial charge in [0.15, 0.2) is 0 Å². The van der Waals surface area contributed by atoms with E-state index in [-0.39, 0.29) is 32.1 Å². The van der Waals surface area contributed by atoms with E-state index < -0.39 is 30.1 Å². The van der Waals surface area contributed by atoms with Crippen LogP contribution in [0.25, 0.3) is 11.1 Å². The molecular weight excluding hydrogens is 438 g/mol. The maximum Gasteiger partial charge on any atom is 0.407 e. The average Bonchev–Trinajstić information content (AvgIpc) is 3.13. The van der Waals surface area contributed by atoms with E-state index in [2.05, 4.69) is 10.6 Å². The summed E-state index contributed by atoms with van der Waals surface area (Å²) in [6.45, 7) is 0.462. The number of aliphatic carboxylic acids is 1. The molecule has 0 fully saturated rings. The molecule has 0 aliphatic heterocycles. The predicted molar refractivity (Wildman–Crippen MR) is 127 cm³/mol. The number of carboxylic acid groups (broad SMARTS) is 1. The number of rotatable bonds is 11. The lowest BCUT2D eigenvalue weighted by Crippen LogP contribution is -2.55. The summed E-state index contributed by atoms with van der Waals surface area (Å²) in [6, 6.07) is 13.9. The minimum absolute atomic E-state index is 0.107. The molecule has 0 heterocycles. The third-order valence-corrected chi connectivity index (χ3v) is 5.73. The molecule has 0 aromatic heterocycles. The fourth-order valence-electron chi connectivity index (χ4n) is 4.11. The number of amides is 2. The van der Waals surface area contributed by atoms with E-state index in [1.54, 1.807) is 19.0 Å². The summed E-state index contributed by atoms with van der Waals surface area (Å²) in [5.41, 5.74) is 4.41. The molecule has 0 saturated carbocycles. The van der Waals surface area contributed by atoms with Crippen LogP contribution in [0.3, 0.4) is 0 Å². The normalized spacial score (nSPS) is 14.1. The van der Waals surface area contributed by atoms with Gasteiger partial charge in [0, 0.05) is 32.6 Å². The number of hydrogen-bond acceptors (Lipinski definition) is 6. The molecule has 3 rings (SSSR count). The Bertz CT molecular complexity index is 980. The van der Waals surface area contributed by atoms with Gasteiger partial charge in [0.25, 0.3) is 0 Å². The van der Waals surface area contributed by atoms with Crippen LogP contribution in [-0.2, 0) is 19.1 Å². The molecule has 0 spiro atoms. The van der Waals surface area contributed by atoms with E-state index in [1.807, 2.05) is 48.5 Å². The van der Waals surface area contributed by atoms with E-state index in [9.17, 15) is 19.5 Å². The van der Waals surface area contributed by atoms with Gasteiger partial charge in [-0.25, -0.2) is 9.59 Å². The Morgan fingerprint density at radius 2 is 1.56 bits per heavy atom. The molecule has 182 valence electrons. The number of methoxy groups -OCH3 is 1. The van der Waals surface area contributed by atoms with Crippen molar-refractivity contribution in [3.63, 3.8) is 0 Å². The number of benzene rings is 2. The monoisotopic (exact) mass is 469 g/mol. The van der Waals surface area contributed by atoms with Gasteiger partial charge in [-0.05, 0) is 36.3 Å². The molecule has 3 N–H and O–H groups in total. The number of likely N-dealkylation sites (N-methyl/N-ethyl adjacent to an activating group) is 1. The maximum atomic E-state index is 12.8. The summed E-state index contributed by atoms with van der Waals surface area (Å²) < 4.78 is 10.4. The lowest BCUT2D eigenvalue weighted by Gasteiger charge is -2.24. The zero-order valence-electron chi connectivity index (χ0n) is 19.6. The van der Waals surface area contributed by atoms with Crippen molar-refractivity contribution >= 4 is 18.0 Å². The van der Waals surface area contributed by atoms with Crippen LogP contribution in [-0.4, -0.2) is 81.0 Å². The van der Waals surface area contributed by atoms with Crippen LogP contribution in [0.5, 0.6) is 0 Å². The predicted octanol–water partition coefficient (Wildman–Crippen LogP) is 2.06. The van der Waals surface area contributed by atoms with E-state index in [0.29, 0.717) is 0 Å². The minimum atomic E-state index is -1.17. The SMILES string of the molecule is COCCC(NC(=O)C(CN(C)C)NC(=O)OCC1c2ccccc2-c2ccccc21)C(=O)O. The van der Waals surface area contributed by atoms with Crippen LogP contribution in [0.1, 0.15) is 23.5 Å².